The van der Waals surface area contributed by atoms with Gasteiger partial charge in [0, 0.05) is 42.7 Å². The molecule has 0 bridgehead atoms. The molecule has 256 valence electrons. The fourth-order valence-corrected chi connectivity index (χ4v) is 6.83. The van der Waals surface area contributed by atoms with Gasteiger partial charge in [-0.25, -0.2) is 4.79 Å². The smallest absolute Gasteiger partial charge is 0.414 e. The number of fused-ring (bicyclic) bond motifs is 4. The Hall–Kier alpha value is -5.75. The first-order valence-corrected chi connectivity index (χ1v) is 17.6. The third kappa shape index (κ3) is 7.86. The number of benzene rings is 6. The average Bonchev–Trinajstić information content (AvgIpc) is 3.12. The van der Waals surface area contributed by atoms with Gasteiger partial charge in [0.1, 0.15) is 5.60 Å². The standard InChI is InChI=1S/C25H25NO3.C20H17NO/c1-25(2,3)29-24(28)26-13-12-23(27)21-16-18(9-11-22(21)26)14-17-8-10-19-6-4-5-7-20(19)15-17;22-20-9-10-21-19-8-6-15(13-18(19)20)11-14-5-7-16-3-1-2-4-17(16)12-14/h4-11,15-16H,12-14H2,1-3H3;1-8,12-13,21H,9-11H2. The van der Waals surface area contributed by atoms with Crippen LogP contribution in [0.2, 0.25) is 0 Å². The molecule has 2 aliphatic rings. The van der Waals surface area contributed by atoms with Crippen LogP contribution in [0.5, 0.6) is 0 Å². The van der Waals surface area contributed by atoms with E-state index in [4.69, 9.17) is 4.74 Å². The number of rotatable bonds is 4. The molecule has 0 atom stereocenters. The van der Waals surface area contributed by atoms with Gasteiger partial charge in [-0.1, -0.05) is 97.1 Å². The normalized spacial score (nSPS) is 13.9. The average molecular weight is 675 g/mol. The number of anilines is 2. The Morgan fingerprint density at radius 1 is 0.627 bits per heavy atom. The predicted octanol–water partition coefficient (Wildman–Crippen LogP) is 10.2. The molecule has 6 nitrogen and oxygen atoms in total. The molecule has 2 heterocycles. The molecule has 1 amide bonds. The van der Waals surface area contributed by atoms with E-state index in [0.29, 0.717) is 30.6 Å². The first-order chi connectivity index (χ1) is 24.6. The van der Waals surface area contributed by atoms with Crippen LogP contribution in [0.15, 0.2) is 121 Å². The van der Waals surface area contributed by atoms with E-state index in [1.807, 2.05) is 63.2 Å². The number of nitrogens with one attached hydrogen (secondary N) is 1. The van der Waals surface area contributed by atoms with Gasteiger partial charge in [0.05, 0.1) is 5.69 Å². The summed E-state index contributed by atoms with van der Waals surface area (Å²) in [5, 5.41) is 8.22. The van der Waals surface area contributed by atoms with Gasteiger partial charge in [-0.15, -0.1) is 0 Å². The Balaban J connectivity index is 0.000000165. The van der Waals surface area contributed by atoms with Gasteiger partial charge in [-0.3, -0.25) is 14.5 Å². The van der Waals surface area contributed by atoms with Gasteiger partial charge >= 0.3 is 6.09 Å². The van der Waals surface area contributed by atoms with Crippen molar-refractivity contribution in [1.29, 1.82) is 0 Å². The lowest BCUT2D eigenvalue weighted by Crippen LogP contribution is -2.41. The topological polar surface area (TPSA) is 75.7 Å². The molecule has 0 unspecified atom stereocenters. The van der Waals surface area contributed by atoms with E-state index in [2.05, 4.69) is 84.2 Å². The van der Waals surface area contributed by atoms with Gasteiger partial charge in [0.25, 0.3) is 0 Å². The van der Waals surface area contributed by atoms with E-state index < -0.39 is 11.7 Å². The predicted molar refractivity (Wildman–Crippen MR) is 206 cm³/mol. The van der Waals surface area contributed by atoms with Crippen LogP contribution in [-0.2, 0) is 17.6 Å². The molecule has 0 saturated heterocycles. The highest BCUT2D eigenvalue weighted by Gasteiger charge is 2.30. The molecule has 0 aromatic heterocycles. The zero-order valence-electron chi connectivity index (χ0n) is 29.4. The molecular weight excluding hydrogens is 633 g/mol. The van der Waals surface area contributed by atoms with Gasteiger partial charge in [0.15, 0.2) is 11.6 Å². The van der Waals surface area contributed by atoms with Crippen LogP contribution in [0.3, 0.4) is 0 Å². The summed E-state index contributed by atoms with van der Waals surface area (Å²) < 4.78 is 5.51. The van der Waals surface area contributed by atoms with Gasteiger partial charge in [-0.2, -0.15) is 0 Å². The number of carbonyl (C=O) groups is 3. The highest BCUT2D eigenvalue weighted by atomic mass is 16.6. The second-order valence-electron chi connectivity index (χ2n) is 14.4. The van der Waals surface area contributed by atoms with Crippen molar-refractivity contribution >= 4 is 50.6 Å². The van der Waals surface area contributed by atoms with Gasteiger partial charge < -0.3 is 10.1 Å². The van der Waals surface area contributed by atoms with Crippen molar-refractivity contribution in [3.8, 4) is 0 Å². The second-order valence-corrected chi connectivity index (χ2v) is 14.4. The Bertz CT molecular complexity index is 2280. The van der Waals surface area contributed by atoms with Crippen molar-refractivity contribution in [3.63, 3.8) is 0 Å². The minimum Gasteiger partial charge on any atom is -0.443 e. The van der Waals surface area contributed by atoms with Crippen LogP contribution in [0.1, 0.15) is 76.6 Å². The zero-order chi connectivity index (χ0) is 35.5. The number of amides is 1. The molecule has 0 aliphatic carbocycles. The van der Waals surface area contributed by atoms with Crippen molar-refractivity contribution < 1.29 is 19.1 Å². The molecular formula is C45H42N2O4. The van der Waals surface area contributed by atoms with Gasteiger partial charge in [-0.05, 0) is 102 Å². The molecule has 6 heteroatoms. The summed E-state index contributed by atoms with van der Waals surface area (Å²) in [5.41, 5.74) is 7.17. The fourth-order valence-electron chi connectivity index (χ4n) is 6.83. The van der Waals surface area contributed by atoms with E-state index in [1.54, 1.807) is 4.90 Å². The highest BCUT2D eigenvalue weighted by Crippen LogP contribution is 2.31. The summed E-state index contributed by atoms with van der Waals surface area (Å²) in [6.07, 6.45) is 2.08. The first-order valence-electron chi connectivity index (χ1n) is 17.6. The minimum absolute atomic E-state index is 0.0696. The number of hydrogen-bond acceptors (Lipinski definition) is 5. The van der Waals surface area contributed by atoms with E-state index >= 15 is 0 Å². The van der Waals surface area contributed by atoms with E-state index in [1.165, 1.54) is 38.2 Å². The number of ketones is 2. The van der Waals surface area contributed by atoms with Crippen LogP contribution in [0.25, 0.3) is 21.5 Å². The van der Waals surface area contributed by atoms with Crippen LogP contribution < -0.4 is 10.2 Å². The summed E-state index contributed by atoms with van der Waals surface area (Å²) in [7, 11) is 0. The van der Waals surface area contributed by atoms with Crippen LogP contribution >= 0.6 is 0 Å². The summed E-state index contributed by atoms with van der Waals surface area (Å²) in [5.74, 6) is 0.314. The van der Waals surface area contributed by atoms with Gasteiger partial charge in [0.2, 0.25) is 0 Å². The monoisotopic (exact) mass is 674 g/mol. The lowest BCUT2D eigenvalue weighted by molar-refractivity contribution is 0.0577. The molecule has 2 aliphatic heterocycles. The largest absolute Gasteiger partial charge is 0.443 e. The summed E-state index contributed by atoms with van der Waals surface area (Å²) in [6.45, 7) is 6.62. The van der Waals surface area contributed by atoms with Crippen molar-refractivity contribution in [1.82, 2.24) is 0 Å². The Labute approximate surface area is 299 Å². The molecule has 0 radical (unpaired) electrons. The molecule has 0 saturated carbocycles. The number of hydrogen-bond donors (Lipinski definition) is 1. The number of carbonyl (C=O) groups excluding carboxylic acids is 3. The van der Waals surface area contributed by atoms with Crippen molar-refractivity contribution in [2.24, 2.45) is 0 Å². The maximum absolute atomic E-state index is 12.6. The third-order valence-corrected chi connectivity index (χ3v) is 9.32. The lowest BCUT2D eigenvalue weighted by Gasteiger charge is -2.31. The number of nitrogens with zero attached hydrogens (tertiary/aromatic N) is 1. The molecule has 6 aromatic rings. The lowest BCUT2D eigenvalue weighted by atomic mass is 9.95. The first kappa shape index (κ1) is 33.7. The summed E-state index contributed by atoms with van der Waals surface area (Å²) in [4.78, 5) is 38.7. The summed E-state index contributed by atoms with van der Waals surface area (Å²) in [6, 6.07) is 41.6. The van der Waals surface area contributed by atoms with E-state index in [0.717, 1.165) is 36.2 Å². The summed E-state index contributed by atoms with van der Waals surface area (Å²) >= 11 is 0. The second kappa shape index (κ2) is 14.2. The van der Waals surface area contributed by atoms with E-state index in [-0.39, 0.29) is 11.6 Å². The number of Topliss-reactive ketones (excluding diaryl/α,β-unsaturated/α-hetero) is 2. The maximum atomic E-state index is 12.6. The van der Waals surface area contributed by atoms with Crippen LogP contribution in [0.4, 0.5) is 16.2 Å². The van der Waals surface area contributed by atoms with Crippen molar-refractivity contribution in [3.05, 3.63) is 155 Å². The Morgan fingerprint density at radius 3 is 1.75 bits per heavy atom. The molecule has 8 rings (SSSR count). The maximum Gasteiger partial charge on any atom is 0.414 e. The zero-order valence-corrected chi connectivity index (χ0v) is 29.4. The molecule has 6 aromatic carbocycles. The SMILES string of the molecule is CC(C)(C)OC(=O)N1CCC(=O)c2cc(Cc3ccc4ccccc4c3)ccc21.O=C1CCNc2ccc(Cc3ccc4ccccc4c3)cc21. The highest BCUT2D eigenvalue weighted by molar-refractivity contribution is 6.08. The Kier molecular flexibility index (Phi) is 9.42. The number of ether oxygens (including phenoxy) is 1. The van der Waals surface area contributed by atoms with Crippen LogP contribution in [0, 0.1) is 0 Å². The molecule has 1 N–H and O–H groups in total. The van der Waals surface area contributed by atoms with Crippen molar-refractivity contribution in [2.45, 2.75) is 52.1 Å². The molecule has 51 heavy (non-hydrogen) atoms. The third-order valence-electron chi connectivity index (χ3n) is 9.32. The van der Waals surface area contributed by atoms with Crippen molar-refractivity contribution in [2.75, 3.05) is 23.3 Å². The van der Waals surface area contributed by atoms with Crippen LogP contribution in [-0.4, -0.2) is 36.4 Å². The minimum atomic E-state index is -0.575. The fraction of sp³-hybridized carbons (Fsp3) is 0.222. The van der Waals surface area contributed by atoms with E-state index in [9.17, 15) is 14.4 Å². The molecule has 0 fully saturated rings. The Morgan fingerprint density at radius 2 is 1.14 bits per heavy atom. The molecule has 0 spiro atoms. The quantitative estimate of drug-likeness (QED) is 0.201.